The third-order valence-electron chi connectivity index (χ3n) is 13.0. The smallest absolute Gasteiger partial charge is 0.115 e. The molecule has 13 rings (SSSR count). The van der Waals surface area contributed by atoms with E-state index in [9.17, 15) is 5.26 Å². The van der Waals surface area contributed by atoms with Crippen molar-refractivity contribution in [1.82, 2.24) is 23.7 Å². The quantitative estimate of drug-likeness (QED) is 0.168. The van der Waals surface area contributed by atoms with Crippen LogP contribution in [0, 0.1) is 11.3 Å². The van der Waals surface area contributed by atoms with Gasteiger partial charge >= 0.3 is 0 Å². The SMILES string of the molecule is N#Cc1cc(-n2c3ccccc3c3cc(-c4ccccc4)ccc32)c(-c2ccc(-n3c4cccnc4c4ncccc43)cc2)cc1-n1c2ccccc2c2cc(-c3ccccc3)ccc21. The van der Waals surface area contributed by atoms with Gasteiger partial charge in [-0.3, -0.25) is 9.97 Å². The number of hydrogen-bond acceptors (Lipinski definition) is 3. The molecule has 65 heavy (non-hydrogen) atoms. The summed E-state index contributed by atoms with van der Waals surface area (Å²) in [4.78, 5) is 9.46. The number of hydrogen-bond donors (Lipinski definition) is 0. The molecule has 6 heteroatoms. The van der Waals surface area contributed by atoms with Gasteiger partial charge in [0, 0.05) is 45.2 Å². The highest BCUT2D eigenvalue weighted by Crippen LogP contribution is 2.42. The van der Waals surface area contributed by atoms with Crippen LogP contribution in [0.2, 0.25) is 0 Å². The number of nitrogens with zero attached hydrogens (tertiary/aromatic N) is 6. The second kappa shape index (κ2) is 14.5. The van der Waals surface area contributed by atoms with E-state index in [1.807, 2.05) is 30.6 Å². The zero-order chi connectivity index (χ0) is 43.0. The van der Waals surface area contributed by atoms with Gasteiger partial charge in [-0.05, 0) is 113 Å². The van der Waals surface area contributed by atoms with Crippen molar-refractivity contribution in [2.75, 3.05) is 0 Å². The van der Waals surface area contributed by atoms with E-state index in [1.54, 1.807) is 0 Å². The summed E-state index contributed by atoms with van der Waals surface area (Å²) in [6.45, 7) is 0. The molecule has 0 fully saturated rings. The van der Waals surface area contributed by atoms with Gasteiger partial charge in [0.15, 0.2) is 0 Å². The van der Waals surface area contributed by atoms with Crippen molar-refractivity contribution in [3.8, 4) is 56.5 Å². The lowest BCUT2D eigenvalue weighted by Gasteiger charge is -2.19. The number of nitriles is 1. The summed E-state index contributed by atoms with van der Waals surface area (Å²) in [7, 11) is 0. The highest BCUT2D eigenvalue weighted by atomic mass is 15.0. The van der Waals surface area contributed by atoms with E-state index >= 15 is 0 Å². The highest BCUT2D eigenvalue weighted by Gasteiger charge is 2.23. The summed E-state index contributed by atoms with van der Waals surface area (Å²) in [5.74, 6) is 0. The topological polar surface area (TPSA) is 64.4 Å². The van der Waals surface area contributed by atoms with Gasteiger partial charge in [0.2, 0.25) is 0 Å². The minimum atomic E-state index is 0.576. The monoisotopic (exact) mass is 828 g/mol. The zero-order valence-corrected chi connectivity index (χ0v) is 35.0. The number of aromatic nitrogens is 5. The van der Waals surface area contributed by atoms with Crippen LogP contribution in [0.4, 0.5) is 0 Å². The van der Waals surface area contributed by atoms with Crippen LogP contribution in [0.1, 0.15) is 5.56 Å². The Balaban J connectivity index is 1.08. The van der Waals surface area contributed by atoms with Crippen LogP contribution in [-0.2, 0) is 0 Å². The second-order valence-electron chi connectivity index (χ2n) is 16.5. The minimum Gasteiger partial charge on any atom is -0.309 e. The van der Waals surface area contributed by atoms with Gasteiger partial charge in [0.25, 0.3) is 0 Å². The summed E-state index contributed by atoms with van der Waals surface area (Å²) >= 11 is 0. The zero-order valence-electron chi connectivity index (χ0n) is 35.0. The van der Waals surface area contributed by atoms with Crippen molar-refractivity contribution in [1.29, 1.82) is 5.26 Å². The maximum atomic E-state index is 11.3. The molecule has 0 bridgehead atoms. The third-order valence-corrected chi connectivity index (χ3v) is 13.0. The molecule has 0 spiro atoms. The van der Waals surface area contributed by atoms with E-state index in [-0.39, 0.29) is 0 Å². The first-order chi connectivity index (χ1) is 32.2. The first kappa shape index (κ1) is 36.6. The standard InChI is InChI=1S/C59H36N6/c60-37-43-35-57(65-51-20-10-8-18-46(51)49-34-42(26-30-53(49)65)39-15-5-2-6-16-39)47(40-23-27-44(28-24-40)63-54-21-11-31-61-58(54)59-55(63)22-12-32-62-59)36-56(43)64-50-19-9-7-17-45(50)48-33-41(25-29-52(48)64)38-13-3-1-4-14-38/h1-36H. The third kappa shape index (κ3) is 5.66. The first-order valence-corrected chi connectivity index (χ1v) is 21.8. The molecule has 0 saturated heterocycles. The van der Waals surface area contributed by atoms with Crippen LogP contribution in [-0.4, -0.2) is 23.7 Å². The summed E-state index contributed by atoms with van der Waals surface area (Å²) < 4.78 is 6.85. The van der Waals surface area contributed by atoms with Crippen molar-refractivity contribution in [2.24, 2.45) is 0 Å². The van der Waals surface area contributed by atoms with Crippen molar-refractivity contribution in [3.05, 3.63) is 224 Å². The molecule has 13 aromatic rings. The molecule has 302 valence electrons. The predicted octanol–water partition coefficient (Wildman–Crippen LogP) is 14.6. The van der Waals surface area contributed by atoms with Crippen molar-refractivity contribution in [2.45, 2.75) is 0 Å². The van der Waals surface area contributed by atoms with Crippen LogP contribution in [0.5, 0.6) is 0 Å². The van der Waals surface area contributed by atoms with Gasteiger partial charge in [-0.15, -0.1) is 0 Å². The van der Waals surface area contributed by atoms with Crippen LogP contribution < -0.4 is 0 Å². The Labute approximate surface area is 373 Å². The molecule has 5 heterocycles. The maximum absolute atomic E-state index is 11.3. The molecule has 0 aliphatic carbocycles. The van der Waals surface area contributed by atoms with Crippen LogP contribution in [0.15, 0.2) is 219 Å². The van der Waals surface area contributed by atoms with E-state index in [0.717, 1.165) is 111 Å². The summed E-state index contributed by atoms with van der Waals surface area (Å²) in [6, 6.07) is 75.5. The molecule has 0 radical (unpaired) electrons. The van der Waals surface area contributed by atoms with Crippen LogP contribution in [0.3, 0.4) is 0 Å². The van der Waals surface area contributed by atoms with Crippen molar-refractivity contribution in [3.63, 3.8) is 0 Å². The first-order valence-electron chi connectivity index (χ1n) is 21.8. The molecule has 0 amide bonds. The largest absolute Gasteiger partial charge is 0.309 e. The predicted molar refractivity (Wildman–Crippen MR) is 266 cm³/mol. The number of pyridine rings is 2. The average molecular weight is 829 g/mol. The molecule has 6 nitrogen and oxygen atoms in total. The number of rotatable bonds is 6. The van der Waals surface area contributed by atoms with Crippen LogP contribution in [0.25, 0.3) is 116 Å². The summed E-state index contributed by atoms with van der Waals surface area (Å²) in [6.07, 6.45) is 3.65. The molecular weight excluding hydrogens is 793 g/mol. The lowest BCUT2D eigenvalue weighted by molar-refractivity contribution is 1.13. The fourth-order valence-corrected chi connectivity index (χ4v) is 10.1. The molecule has 0 N–H and O–H groups in total. The molecule has 0 aliphatic rings. The molecule has 5 aromatic heterocycles. The molecular formula is C59H36N6. The Bertz CT molecular complexity index is 4000. The number of para-hydroxylation sites is 2. The van der Waals surface area contributed by atoms with E-state index < -0.39 is 0 Å². The van der Waals surface area contributed by atoms with Gasteiger partial charge in [0.05, 0.1) is 50.0 Å². The Kier molecular flexibility index (Phi) is 8.17. The van der Waals surface area contributed by atoms with Gasteiger partial charge in [-0.1, -0.05) is 121 Å². The molecule has 0 saturated carbocycles. The lowest BCUT2D eigenvalue weighted by Crippen LogP contribution is -2.04. The highest BCUT2D eigenvalue weighted by molar-refractivity contribution is 6.13. The Morgan fingerprint density at radius 3 is 1.34 bits per heavy atom. The van der Waals surface area contributed by atoms with Gasteiger partial charge in [0.1, 0.15) is 17.1 Å². The lowest BCUT2D eigenvalue weighted by atomic mass is 9.98. The summed E-state index contributed by atoms with van der Waals surface area (Å²) in [5, 5.41) is 15.8. The van der Waals surface area contributed by atoms with Gasteiger partial charge in [-0.2, -0.15) is 5.26 Å². The minimum absolute atomic E-state index is 0.576. The van der Waals surface area contributed by atoms with Crippen molar-refractivity contribution < 1.29 is 0 Å². The number of fused-ring (bicyclic) bond motifs is 9. The Morgan fingerprint density at radius 1 is 0.338 bits per heavy atom. The van der Waals surface area contributed by atoms with E-state index in [0.29, 0.717) is 5.56 Å². The Morgan fingerprint density at radius 2 is 0.800 bits per heavy atom. The average Bonchev–Trinajstić information content (AvgIpc) is 4.02. The molecule has 8 aromatic carbocycles. The van der Waals surface area contributed by atoms with Gasteiger partial charge < -0.3 is 13.7 Å². The van der Waals surface area contributed by atoms with E-state index in [4.69, 9.17) is 9.97 Å². The van der Waals surface area contributed by atoms with Gasteiger partial charge in [-0.25, -0.2) is 0 Å². The normalized spacial score (nSPS) is 11.7. The van der Waals surface area contributed by atoms with E-state index in [2.05, 4.69) is 208 Å². The van der Waals surface area contributed by atoms with Crippen LogP contribution >= 0.6 is 0 Å². The fourth-order valence-electron chi connectivity index (χ4n) is 10.1. The molecule has 0 unspecified atom stereocenters. The second-order valence-corrected chi connectivity index (χ2v) is 16.5. The fraction of sp³-hybridized carbons (Fsp3) is 0. The Hall–Kier alpha value is -9.05. The summed E-state index contributed by atoms with van der Waals surface area (Å²) in [5.41, 5.74) is 17.9. The number of benzene rings is 8. The maximum Gasteiger partial charge on any atom is 0.115 e. The van der Waals surface area contributed by atoms with Crippen molar-refractivity contribution >= 4 is 65.7 Å². The molecule has 0 atom stereocenters. The van der Waals surface area contributed by atoms with E-state index in [1.165, 1.54) is 5.56 Å². The molecule has 0 aliphatic heterocycles.